The van der Waals surface area contributed by atoms with Gasteiger partial charge in [-0.15, -0.1) is 0 Å². The molecule has 0 heterocycles. The molecule has 3 rings (SSSR count). The Kier molecular flexibility index (Phi) is 3.61. The van der Waals surface area contributed by atoms with Crippen LogP contribution < -0.4 is 5.32 Å². The van der Waals surface area contributed by atoms with Crippen molar-refractivity contribution >= 4 is 0 Å². The molecule has 3 N–H and O–H groups in total. The van der Waals surface area contributed by atoms with Crippen molar-refractivity contribution in [1.29, 1.82) is 0 Å². The summed E-state index contributed by atoms with van der Waals surface area (Å²) in [5.74, 6) is 0.575. The van der Waals surface area contributed by atoms with E-state index in [0.29, 0.717) is 18.5 Å². The van der Waals surface area contributed by atoms with Gasteiger partial charge in [-0.05, 0) is 42.0 Å². The summed E-state index contributed by atoms with van der Waals surface area (Å²) in [4.78, 5) is 0. The second-order valence-electron chi connectivity index (χ2n) is 5.43. The molecule has 1 unspecified atom stereocenters. The van der Waals surface area contributed by atoms with Gasteiger partial charge in [0.15, 0.2) is 11.5 Å². The predicted molar refractivity (Wildman–Crippen MR) is 78.5 cm³/mol. The molecular weight excluding hydrogens is 250 g/mol. The minimum atomic E-state index is -0.0736. The minimum absolute atomic E-state index is 0.0630. The fourth-order valence-corrected chi connectivity index (χ4v) is 2.55. The fourth-order valence-electron chi connectivity index (χ4n) is 2.55. The van der Waals surface area contributed by atoms with Gasteiger partial charge in [-0.3, -0.25) is 0 Å². The minimum Gasteiger partial charge on any atom is -0.504 e. The van der Waals surface area contributed by atoms with Gasteiger partial charge in [0.1, 0.15) is 0 Å². The van der Waals surface area contributed by atoms with Crippen LogP contribution in [-0.2, 0) is 6.54 Å². The third-order valence-electron chi connectivity index (χ3n) is 3.82. The number of aromatic hydroxyl groups is 2. The number of hydrogen-bond acceptors (Lipinski definition) is 3. The molecule has 1 saturated carbocycles. The summed E-state index contributed by atoms with van der Waals surface area (Å²) in [6, 6.07) is 15.8. The van der Waals surface area contributed by atoms with Gasteiger partial charge in [0, 0.05) is 12.6 Å². The number of phenols is 2. The van der Waals surface area contributed by atoms with E-state index >= 15 is 0 Å². The summed E-state index contributed by atoms with van der Waals surface area (Å²) in [6.07, 6.45) is 2.54. The maximum Gasteiger partial charge on any atom is 0.157 e. The van der Waals surface area contributed by atoms with Gasteiger partial charge in [-0.2, -0.15) is 0 Å². The van der Waals surface area contributed by atoms with Gasteiger partial charge < -0.3 is 15.5 Å². The number of hydrogen-bond donors (Lipinski definition) is 3. The molecule has 0 aliphatic heterocycles. The van der Waals surface area contributed by atoms with Crippen LogP contribution in [0.25, 0.3) is 0 Å². The monoisotopic (exact) mass is 269 g/mol. The van der Waals surface area contributed by atoms with E-state index < -0.39 is 0 Å². The fraction of sp³-hybridized carbons (Fsp3) is 0.294. The molecule has 0 aromatic heterocycles. The molecule has 0 bridgehead atoms. The molecule has 2 aromatic rings. The summed E-state index contributed by atoms with van der Waals surface area (Å²) in [7, 11) is 0. The predicted octanol–water partition coefficient (Wildman–Crippen LogP) is 3.34. The highest BCUT2D eigenvalue weighted by Gasteiger charge is 2.31. The summed E-state index contributed by atoms with van der Waals surface area (Å²) < 4.78 is 0. The Balaban J connectivity index is 1.70. The van der Waals surface area contributed by atoms with E-state index in [1.807, 2.05) is 12.1 Å². The number of nitrogens with one attached hydrogen (secondary N) is 1. The molecule has 1 atom stereocenters. The van der Waals surface area contributed by atoms with E-state index in [4.69, 9.17) is 0 Å². The average Bonchev–Trinajstić information content (AvgIpc) is 3.29. The van der Waals surface area contributed by atoms with Crippen LogP contribution in [0.4, 0.5) is 0 Å². The summed E-state index contributed by atoms with van der Waals surface area (Å²) in [5, 5.41) is 22.4. The van der Waals surface area contributed by atoms with Crippen LogP contribution in [0, 0.1) is 5.92 Å². The molecule has 1 aliphatic carbocycles. The van der Waals surface area contributed by atoms with Crippen molar-refractivity contribution in [3.05, 3.63) is 59.7 Å². The Hall–Kier alpha value is -2.00. The highest BCUT2D eigenvalue weighted by molar-refractivity contribution is 5.40. The zero-order chi connectivity index (χ0) is 13.9. The lowest BCUT2D eigenvalue weighted by Crippen LogP contribution is -2.22. The first kappa shape index (κ1) is 13.0. The van der Waals surface area contributed by atoms with Gasteiger partial charge in [0.2, 0.25) is 0 Å². The lowest BCUT2D eigenvalue weighted by Gasteiger charge is -2.19. The van der Waals surface area contributed by atoms with Crippen molar-refractivity contribution in [2.45, 2.75) is 25.4 Å². The Labute approximate surface area is 118 Å². The zero-order valence-electron chi connectivity index (χ0n) is 11.3. The van der Waals surface area contributed by atoms with Crippen molar-refractivity contribution in [2.24, 2.45) is 5.92 Å². The molecular formula is C17H19NO2. The Bertz CT molecular complexity index is 579. The molecule has 20 heavy (non-hydrogen) atoms. The largest absolute Gasteiger partial charge is 0.504 e. The van der Waals surface area contributed by atoms with Crippen molar-refractivity contribution in [3.8, 4) is 11.5 Å². The van der Waals surface area contributed by atoms with Crippen molar-refractivity contribution < 1.29 is 10.2 Å². The van der Waals surface area contributed by atoms with Crippen molar-refractivity contribution in [1.82, 2.24) is 5.32 Å². The molecule has 3 heteroatoms. The maximum atomic E-state index is 9.53. The van der Waals surface area contributed by atoms with Crippen molar-refractivity contribution in [2.75, 3.05) is 0 Å². The van der Waals surface area contributed by atoms with Gasteiger partial charge in [0.25, 0.3) is 0 Å². The third-order valence-corrected chi connectivity index (χ3v) is 3.82. The van der Waals surface area contributed by atoms with Crippen LogP contribution in [0.2, 0.25) is 0 Å². The molecule has 1 aliphatic rings. The highest BCUT2D eigenvalue weighted by atomic mass is 16.3. The van der Waals surface area contributed by atoms with Gasteiger partial charge in [-0.1, -0.05) is 36.4 Å². The normalized spacial score (nSPS) is 16.0. The van der Waals surface area contributed by atoms with Gasteiger partial charge in [0.05, 0.1) is 0 Å². The SMILES string of the molecule is Oc1ccc(CNC(c2ccccc2)C2CC2)cc1O. The smallest absolute Gasteiger partial charge is 0.157 e. The lowest BCUT2D eigenvalue weighted by molar-refractivity contribution is 0.402. The van der Waals surface area contributed by atoms with Gasteiger partial charge >= 0.3 is 0 Å². The molecule has 3 nitrogen and oxygen atoms in total. The first-order valence-corrected chi connectivity index (χ1v) is 7.03. The molecule has 2 aromatic carbocycles. The molecule has 1 fully saturated rings. The first-order chi connectivity index (χ1) is 9.74. The quantitative estimate of drug-likeness (QED) is 0.730. The standard InChI is InChI=1S/C17H19NO2/c19-15-9-6-12(10-16(15)20)11-18-17(14-7-8-14)13-4-2-1-3-5-13/h1-6,9-10,14,17-20H,7-8,11H2. The van der Waals surface area contributed by atoms with Crippen LogP contribution in [-0.4, -0.2) is 10.2 Å². The number of phenolic OH excluding ortho intramolecular Hbond substituents is 2. The van der Waals surface area contributed by atoms with E-state index in [1.54, 1.807) is 6.07 Å². The summed E-state index contributed by atoms with van der Waals surface area (Å²) in [6.45, 7) is 0.684. The lowest BCUT2D eigenvalue weighted by atomic mass is 10.0. The van der Waals surface area contributed by atoms with Crippen LogP contribution >= 0.6 is 0 Å². The third kappa shape index (κ3) is 2.94. The number of rotatable bonds is 5. The molecule has 0 saturated heterocycles. The van der Waals surface area contributed by atoms with E-state index in [1.165, 1.54) is 24.5 Å². The Morgan fingerprint density at radius 1 is 1.00 bits per heavy atom. The van der Waals surface area contributed by atoms with Crippen molar-refractivity contribution in [3.63, 3.8) is 0 Å². The second-order valence-corrected chi connectivity index (χ2v) is 5.43. The van der Waals surface area contributed by atoms with Crippen LogP contribution in [0.1, 0.15) is 30.0 Å². The second kappa shape index (κ2) is 5.55. The molecule has 104 valence electrons. The maximum absolute atomic E-state index is 9.53. The van der Waals surface area contributed by atoms with E-state index in [9.17, 15) is 10.2 Å². The first-order valence-electron chi connectivity index (χ1n) is 7.03. The molecule has 0 radical (unpaired) electrons. The Morgan fingerprint density at radius 2 is 1.75 bits per heavy atom. The van der Waals surface area contributed by atoms with Crippen LogP contribution in [0.15, 0.2) is 48.5 Å². The molecule has 0 amide bonds. The molecule has 0 spiro atoms. The van der Waals surface area contributed by atoms with Crippen LogP contribution in [0.3, 0.4) is 0 Å². The Morgan fingerprint density at radius 3 is 2.40 bits per heavy atom. The highest BCUT2D eigenvalue weighted by Crippen LogP contribution is 2.41. The number of benzene rings is 2. The van der Waals surface area contributed by atoms with E-state index in [2.05, 4.69) is 29.6 Å². The zero-order valence-corrected chi connectivity index (χ0v) is 11.3. The summed E-state index contributed by atoms with van der Waals surface area (Å²) in [5.41, 5.74) is 2.29. The van der Waals surface area contributed by atoms with Crippen LogP contribution in [0.5, 0.6) is 11.5 Å². The topological polar surface area (TPSA) is 52.5 Å². The van der Waals surface area contributed by atoms with E-state index in [-0.39, 0.29) is 11.5 Å². The van der Waals surface area contributed by atoms with Gasteiger partial charge in [-0.25, -0.2) is 0 Å². The van der Waals surface area contributed by atoms with E-state index in [0.717, 1.165) is 5.56 Å². The average molecular weight is 269 g/mol. The summed E-state index contributed by atoms with van der Waals surface area (Å²) >= 11 is 0.